The maximum Gasteiger partial charge on any atom is 0.171 e. The Labute approximate surface area is 161 Å². The molecule has 0 unspecified atom stereocenters. The van der Waals surface area contributed by atoms with Crippen LogP contribution >= 0.6 is 0 Å². The van der Waals surface area contributed by atoms with Crippen LogP contribution < -0.4 is 21.5 Å². The lowest BCUT2D eigenvalue weighted by Crippen LogP contribution is -3.00. The summed E-state index contributed by atoms with van der Waals surface area (Å²) in [5.41, 5.74) is 4.85. The second kappa shape index (κ2) is 9.81. The summed E-state index contributed by atoms with van der Waals surface area (Å²) in [6, 6.07) is 23.1. The van der Waals surface area contributed by atoms with Crippen molar-refractivity contribution in [2.45, 2.75) is 26.3 Å². The van der Waals surface area contributed by atoms with Crippen molar-refractivity contribution in [3.63, 3.8) is 0 Å². The molecular weight excluding hydrogens is 370 g/mol. The summed E-state index contributed by atoms with van der Waals surface area (Å²) in [5, 5.41) is 0. The van der Waals surface area contributed by atoms with Gasteiger partial charge in [0.25, 0.3) is 0 Å². The molecule has 1 heterocycles. The Morgan fingerprint density at radius 2 is 1.56 bits per heavy atom. The van der Waals surface area contributed by atoms with Crippen LogP contribution in [0, 0.1) is 18.8 Å². The summed E-state index contributed by atoms with van der Waals surface area (Å²) in [4.78, 5) is 0. The second-order valence-electron chi connectivity index (χ2n) is 5.97. The Bertz CT molecular complexity index is 843. The van der Waals surface area contributed by atoms with Gasteiger partial charge in [0.1, 0.15) is 6.54 Å². The molecule has 0 bridgehead atoms. The number of rotatable bonds is 4. The number of pyridine rings is 1. The summed E-state index contributed by atoms with van der Waals surface area (Å²) in [7, 11) is 0. The first-order chi connectivity index (χ1) is 11.8. The molecule has 3 aromatic rings. The van der Waals surface area contributed by atoms with Crippen molar-refractivity contribution in [1.82, 2.24) is 0 Å². The van der Waals surface area contributed by atoms with Crippen LogP contribution in [0.25, 0.3) is 11.1 Å². The van der Waals surface area contributed by atoms with E-state index >= 15 is 0 Å². The first kappa shape index (κ1) is 19.0. The minimum absolute atomic E-state index is 0. The van der Waals surface area contributed by atoms with E-state index < -0.39 is 0 Å². The number of halogens is 1. The molecule has 0 fully saturated rings. The molecule has 126 valence electrons. The highest BCUT2D eigenvalue weighted by atomic mass is 79.9. The van der Waals surface area contributed by atoms with Crippen molar-refractivity contribution in [1.29, 1.82) is 0 Å². The zero-order valence-electron chi connectivity index (χ0n) is 14.5. The highest BCUT2D eigenvalue weighted by Gasteiger charge is 1.99. The minimum Gasteiger partial charge on any atom is -1.00 e. The number of aryl methyl sites for hydroxylation is 2. The van der Waals surface area contributed by atoms with Gasteiger partial charge in [-0.1, -0.05) is 54.3 Å². The molecule has 1 aromatic heterocycles. The predicted octanol–water partition coefficient (Wildman–Crippen LogP) is 1.79. The van der Waals surface area contributed by atoms with Gasteiger partial charge in [0.15, 0.2) is 12.4 Å². The average Bonchev–Trinajstić information content (AvgIpc) is 2.63. The maximum absolute atomic E-state index is 3.28. The summed E-state index contributed by atoms with van der Waals surface area (Å²) < 4.78 is 2.23. The largest absolute Gasteiger partial charge is 1.00 e. The molecule has 0 saturated heterocycles. The van der Waals surface area contributed by atoms with Crippen molar-refractivity contribution in [3.8, 4) is 23.0 Å². The fourth-order valence-electron chi connectivity index (χ4n) is 2.68. The molecule has 0 aliphatic heterocycles. The Kier molecular flexibility index (Phi) is 7.44. The Morgan fingerprint density at radius 1 is 0.840 bits per heavy atom. The number of benzene rings is 2. The molecule has 0 N–H and O–H groups in total. The van der Waals surface area contributed by atoms with Gasteiger partial charge in [0.2, 0.25) is 0 Å². The molecule has 0 aliphatic rings. The predicted molar refractivity (Wildman–Crippen MR) is 99.4 cm³/mol. The lowest BCUT2D eigenvalue weighted by Gasteiger charge is -2.00. The van der Waals surface area contributed by atoms with Gasteiger partial charge in [0.05, 0.1) is 0 Å². The van der Waals surface area contributed by atoms with Crippen LogP contribution in [-0.2, 0) is 6.54 Å². The van der Waals surface area contributed by atoms with E-state index in [0.29, 0.717) is 0 Å². The minimum atomic E-state index is 0. The zero-order valence-corrected chi connectivity index (χ0v) is 16.0. The Hall–Kier alpha value is -2.37. The van der Waals surface area contributed by atoms with Gasteiger partial charge < -0.3 is 17.0 Å². The topological polar surface area (TPSA) is 3.88 Å². The van der Waals surface area contributed by atoms with Crippen molar-refractivity contribution >= 4 is 0 Å². The van der Waals surface area contributed by atoms with Crippen LogP contribution in [0.1, 0.15) is 24.0 Å². The summed E-state index contributed by atoms with van der Waals surface area (Å²) >= 11 is 0. The third-order valence-corrected chi connectivity index (χ3v) is 3.95. The van der Waals surface area contributed by atoms with Crippen molar-refractivity contribution < 1.29 is 21.5 Å². The van der Waals surface area contributed by atoms with E-state index in [-0.39, 0.29) is 17.0 Å². The van der Waals surface area contributed by atoms with Crippen LogP contribution in [0.4, 0.5) is 0 Å². The van der Waals surface area contributed by atoms with Gasteiger partial charge in [-0.25, -0.2) is 4.57 Å². The molecule has 0 saturated carbocycles. The molecule has 3 rings (SSSR count). The zero-order chi connectivity index (χ0) is 16.6. The number of unbranched alkanes of at least 4 members (excludes halogenated alkanes) is 1. The fourth-order valence-corrected chi connectivity index (χ4v) is 2.68. The van der Waals surface area contributed by atoms with Crippen molar-refractivity contribution in [2.75, 3.05) is 0 Å². The fraction of sp³-hybridized carbons (Fsp3) is 0.174. The third kappa shape index (κ3) is 5.89. The van der Waals surface area contributed by atoms with Crippen LogP contribution in [0.5, 0.6) is 0 Å². The van der Waals surface area contributed by atoms with Gasteiger partial charge in [-0.2, -0.15) is 0 Å². The van der Waals surface area contributed by atoms with Crippen LogP contribution in [-0.4, -0.2) is 0 Å². The number of hydrogen-bond acceptors (Lipinski definition) is 0. The normalized spacial score (nSPS) is 9.64. The third-order valence-electron chi connectivity index (χ3n) is 3.95. The van der Waals surface area contributed by atoms with Crippen LogP contribution in [0.3, 0.4) is 0 Å². The number of aromatic nitrogens is 1. The Morgan fingerprint density at radius 3 is 2.28 bits per heavy atom. The SMILES string of the molecule is Cc1ccc[n+](CCCC#Cc2ccc(-c3ccccc3)cc2)c1.[Br-]. The summed E-state index contributed by atoms with van der Waals surface area (Å²) in [6.45, 7) is 3.14. The monoisotopic (exact) mass is 391 g/mol. The van der Waals surface area contributed by atoms with E-state index in [1.165, 1.54) is 16.7 Å². The first-order valence-corrected chi connectivity index (χ1v) is 8.41. The van der Waals surface area contributed by atoms with Gasteiger partial charge >= 0.3 is 0 Å². The van der Waals surface area contributed by atoms with Gasteiger partial charge in [0, 0.05) is 30.0 Å². The number of nitrogens with zero attached hydrogens (tertiary/aromatic N) is 1. The van der Waals surface area contributed by atoms with E-state index in [4.69, 9.17) is 0 Å². The van der Waals surface area contributed by atoms with E-state index in [1.54, 1.807) is 0 Å². The molecule has 0 aliphatic carbocycles. The molecule has 0 radical (unpaired) electrons. The smallest absolute Gasteiger partial charge is 0.171 e. The molecule has 0 atom stereocenters. The molecular formula is C23H22BrN. The van der Waals surface area contributed by atoms with Gasteiger partial charge in [-0.15, -0.1) is 0 Å². The van der Waals surface area contributed by atoms with E-state index in [9.17, 15) is 0 Å². The van der Waals surface area contributed by atoms with Crippen molar-refractivity contribution in [3.05, 3.63) is 90.3 Å². The summed E-state index contributed by atoms with van der Waals surface area (Å²) in [6.07, 6.45) is 6.28. The highest BCUT2D eigenvalue weighted by Crippen LogP contribution is 2.18. The lowest BCUT2D eigenvalue weighted by atomic mass is 10.0. The summed E-state index contributed by atoms with van der Waals surface area (Å²) in [5.74, 6) is 6.54. The van der Waals surface area contributed by atoms with Crippen molar-refractivity contribution in [2.24, 2.45) is 0 Å². The second-order valence-corrected chi connectivity index (χ2v) is 5.97. The standard InChI is InChI=1S/C23H22N.BrH/c1-20-9-8-18-24(19-20)17-7-3-4-10-21-13-15-23(16-14-21)22-11-5-2-6-12-22;/h2,5-6,8-9,11-16,18-19H,3,7,17H2,1H3;1H/q+1;/p-1. The van der Waals surface area contributed by atoms with E-state index in [1.807, 2.05) is 6.07 Å². The van der Waals surface area contributed by atoms with E-state index in [0.717, 1.165) is 24.9 Å². The van der Waals surface area contributed by atoms with Gasteiger partial charge in [-0.05, 0) is 36.2 Å². The first-order valence-electron chi connectivity index (χ1n) is 8.41. The molecule has 25 heavy (non-hydrogen) atoms. The van der Waals surface area contributed by atoms with E-state index in [2.05, 4.69) is 96.4 Å². The molecule has 0 amide bonds. The molecule has 2 heteroatoms. The molecule has 1 nitrogen and oxygen atoms in total. The highest BCUT2D eigenvalue weighted by molar-refractivity contribution is 5.64. The lowest BCUT2D eigenvalue weighted by molar-refractivity contribution is -0.697. The Balaban J connectivity index is 0.00000225. The quantitative estimate of drug-likeness (QED) is 0.362. The average molecular weight is 392 g/mol. The van der Waals surface area contributed by atoms with Crippen LogP contribution in [0.2, 0.25) is 0 Å². The molecule has 2 aromatic carbocycles. The van der Waals surface area contributed by atoms with Crippen LogP contribution in [0.15, 0.2) is 79.1 Å². The van der Waals surface area contributed by atoms with Gasteiger partial charge in [-0.3, -0.25) is 0 Å². The molecule has 0 spiro atoms. The maximum atomic E-state index is 3.28. The number of hydrogen-bond donors (Lipinski definition) is 0.